The molecule has 0 saturated heterocycles. The van der Waals surface area contributed by atoms with Crippen LogP contribution in [0.5, 0.6) is 0 Å². The molecule has 0 saturated carbocycles. The predicted molar refractivity (Wildman–Crippen MR) is 74.2 cm³/mol. The van der Waals surface area contributed by atoms with Gasteiger partial charge in [0.15, 0.2) is 5.52 Å². The summed E-state index contributed by atoms with van der Waals surface area (Å²) in [6, 6.07) is 8.68. The van der Waals surface area contributed by atoms with Gasteiger partial charge in [0.2, 0.25) is 0 Å². The molecule has 0 aliphatic rings. The van der Waals surface area contributed by atoms with Crippen LogP contribution in [0.15, 0.2) is 35.0 Å². The summed E-state index contributed by atoms with van der Waals surface area (Å²) in [6.07, 6.45) is 0. The van der Waals surface area contributed by atoms with Crippen LogP contribution in [0, 0.1) is 0 Å². The first-order valence-corrected chi connectivity index (χ1v) is 6.41. The molecule has 2 heterocycles. The molecule has 8 heteroatoms. The lowest BCUT2D eigenvalue weighted by molar-refractivity contribution is 0.315. The second-order valence-corrected chi connectivity index (χ2v) is 5.06. The number of benzene rings is 2. The number of hydrogen-bond donors (Lipinski definition) is 0. The zero-order chi connectivity index (χ0) is 13.7. The number of aromatic nitrogens is 5. The number of nitrogens with zero attached hydrogens (tertiary/aromatic N) is 5. The molecule has 0 aliphatic heterocycles. The highest BCUT2D eigenvalue weighted by Crippen LogP contribution is 2.24. The fraction of sp³-hybridized carbons (Fsp3) is 0. The molecule has 0 radical (unpaired) electrons. The fourth-order valence-electron chi connectivity index (χ4n) is 2.00. The van der Waals surface area contributed by atoms with Crippen LogP contribution in [0.2, 0.25) is 10.0 Å². The quantitative estimate of drug-likeness (QED) is 0.540. The first-order valence-electron chi connectivity index (χ1n) is 5.65. The van der Waals surface area contributed by atoms with Gasteiger partial charge in [-0.3, -0.25) is 0 Å². The van der Waals surface area contributed by atoms with Crippen LogP contribution < -0.4 is 0 Å². The zero-order valence-corrected chi connectivity index (χ0v) is 11.3. The van der Waals surface area contributed by atoms with Gasteiger partial charge in [-0.25, -0.2) is 4.63 Å². The molecule has 0 aliphatic carbocycles. The van der Waals surface area contributed by atoms with E-state index in [0.29, 0.717) is 37.8 Å². The van der Waals surface area contributed by atoms with E-state index in [1.165, 1.54) is 4.80 Å². The Morgan fingerprint density at radius 1 is 0.850 bits per heavy atom. The minimum Gasteiger partial charge on any atom is -0.243 e. The minimum atomic E-state index is 0.516. The van der Waals surface area contributed by atoms with Crippen molar-refractivity contribution in [1.29, 1.82) is 0 Å². The summed E-state index contributed by atoms with van der Waals surface area (Å²) >= 11 is 12.0. The maximum atomic E-state index is 5.99. The SMILES string of the molecule is Clc1cc(Cl)cc(-n2nc3ccc4nonc4c3n2)c1. The van der Waals surface area contributed by atoms with Gasteiger partial charge in [0.05, 0.1) is 5.69 Å². The van der Waals surface area contributed by atoms with Crippen molar-refractivity contribution in [2.75, 3.05) is 0 Å². The van der Waals surface area contributed by atoms with Gasteiger partial charge in [-0.15, -0.1) is 10.2 Å². The van der Waals surface area contributed by atoms with E-state index in [0.717, 1.165) is 0 Å². The Balaban J connectivity index is 2.00. The van der Waals surface area contributed by atoms with Crippen LogP contribution in [0.1, 0.15) is 0 Å². The summed E-state index contributed by atoms with van der Waals surface area (Å²) in [7, 11) is 0. The van der Waals surface area contributed by atoms with Crippen LogP contribution in [-0.4, -0.2) is 25.3 Å². The van der Waals surface area contributed by atoms with Crippen molar-refractivity contribution in [3.05, 3.63) is 40.4 Å². The van der Waals surface area contributed by atoms with Gasteiger partial charge in [0.1, 0.15) is 16.6 Å². The Bertz CT molecular complexity index is 925. The first kappa shape index (κ1) is 11.6. The van der Waals surface area contributed by atoms with Gasteiger partial charge >= 0.3 is 0 Å². The van der Waals surface area contributed by atoms with Crippen LogP contribution >= 0.6 is 23.2 Å². The fourth-order valence-corrected chi connectivity index (χ4v) is 2.51. The molecule has 6 nitrogen and oxygen atoms in total. The number of rotatable bonds is 1. The molecule has 4 aromatic rings. The van der Waals surface area contributed by atoms with Gasteiger partial charge in [0.25, 0.3) is 0 Å². The van der Waals surface area contributed by atoms with Crippen LogP contribution in [-0.2, 0) is 0 Å². The summed E-state index contributed by atoms with van der Waals surface area (Å²) in [6.45, 7) is 0. The predicted octanol–water partition coefficient (Wildman–Crippen LogP) is 3.26. The van der Waals surface area contributed by atoms with Gasteiger partial charge in [-0.2, -0.15) is 4.80 Å². The van der Waals surface area contributed by atoms with Crippen molar-refractivity contribution in [3.63, 3.8) is 0 Å². The molecule has 0 atom stereocenters. The summed E-state index contributed by atoms with van der Waals surface area (Å²) in [5.74, 6) is 0. The average molecular weight is 306 g/mol. The molecule has 98 valence electrons. The van der Waals surface area contributed by atoms with Gasteiger partial charge < -0.3 is 0 Å². The van der Waals surface area contributed by atoms with E-state index in [1.807, 2.05) is 0 Å². The van der Waals surface area contributed by atoms with E-state index >= 15 is 0 Å². The standard InChI is InChI=1S/C12H5Cl2N5O/c13-6-3-7(14)5-8(4-6)19-15-9-1-2-10-12(11(9)16-19)18-20-17-10/h1-5H. The number of fused-ring (bicyclic) bond motifs is 3. The van der Waals surface area contributed by atoms with Crippen molar-refractivity contribution in [2.45, 2.75) is 0 Å². The molecular weight excluding hydrogens is 301 g/mol. The topological polar surface area (TPSA) is 69.6 Å². The van der Waals surface area contributed by atoms with Gasteiger partial charge in [0, 0.05) is 10.0 Å². The summed E-state index contributed by atoms with van der Waals surface area (Å²) in [4.78, 5) is 1.45. The Hall–Kier alpha value is -2.18. The second kappa shape index (κ2) is 4.16. The normalized spacial score (nSPS) is 11.5. The zero-order valence-electron chi connectivity index (χ0n) is 9.79. The lowest BCUT2D eigenvalue weighted by atomic mass is 10.3. The molecule has 0 unspecified atom stereocenters. The van der Waals surface area contributed by atoms with Crippen molar-refractivity contribution in [2.24, 2.45) is 0 Å². The number of hydrogen-bond acceptors (Lipinski definition) is 5. The van der Waals surface area contributed by atoms with Crippen LogP contribution in [0.4, 0.5) is 0 Å². The summed E-state index contributed by atoms with van der Waals surface area (Å²) < 4.78 is 4.71. The van der Waals surface area contributed by atoms with Crippen molar-refractivity contribution < 1.29 is 4.63 Å². The summed E-state index contributed by atoms with van der Waals surface area (Å²) in [5, 5.41) is 17.4. The monoisotopic (exact) mass is 305 g/mol. The highest BCUT2D eigenvalue weighted by molar-refractivity contribution is 6.34. The minimum absolute atomic E-state index is 0.516. The molecule has 0 N–H and O–H groups in total. The molecule has 0 fully saturated rings. The second-order valence-electron chi connectivity index (χ2n) is 4.18. The van der Waals surface area contributed by atoms with E-state index in [1.54, 1.807) is 30.3 Å². The highest BCUT2D eigenvalue weighted by Gasteiger charge is 2.12. The molecule has 2 aromatic heterocycles. The molecule has 20 heavy (non-hydrogen) atoms. The molecular formula is C12H5Cl2N5O. The van der Waals surface area contributed by atoms with Crippen molar-refractivity contribution in [1.82, 2.24) is 25.3 Å². The molecule has 0 amide bonds. The highest BCUT2D eigenvalue weighted by atomic mass is 35.5. The summed E-state index contributed by atoms with van der Waals surface area (Å²) in [5.41, 5.74) is 3.17. The third-order valence-corrected chi connectivity index (χ3v) is 3.29. The number of halogens is 2. The Kier molecular flexibility index (Phi) is 2.42. The van der Waals surface area contributed by atoms with Crippen LogP contribution in [0.25, 0.3) is 27.8 Å². The largest absolute Gasteiger partial charge is 0.243 e. The molecule has 0 spiro atoms. The van der Waals surface area contributed by atoms with E-state index in [4.69, 9.17) is 27.8 Å². The Morgan fingerprint density at radius 2 is 1.60 bits per heavy atom. The maximum Gasteiger partial charge on any atom is 0.164 e. The first-order chi connectivity index (χ1) is 9.70. The molecule has 2 aromatic carbocycles. The molecule has 0 bridgehead atoms. The van der Waals surface area contributed by atoms with Crippen molar-refractivity contribution >= 4 is 45.3 Å². The van der Waals surface area contributed by atoms with Crippen molar-refractivity contribution in [3.8, 4) is 5.69 Å². The van der Waals surface area contributed by atoms with E-state index < -0.39 is 0 Å². The Labute approximate surface area is 121 Å². The van der Waals surface area contributed by atoms with E-state index in [9.17, 15) is 0 Å². The molecule has 4 rings (SSSR count). The Morgan fingerprint density at radius 3 is 2.40 bits per heavy atom. The smallest absolute Gasteiger partial charge is 0.164 e. The lowest BCUT2D eigenvalue weighted by Gasteiger charge is -2.00. The third kappa shape index (κ3) is 1.73. The van der Waals surface area contributed by atoms with Gasteiger partial charge in [-0.1, -0.05) is 23.2 Å². The lowest BCUT2D eigenvalue weighted by Crippen LogP contribution is -1.98. The van der Waals surface area contributed by atoms with E-state index in [-0.39, 0.29) is 0 Å². The average Bonchev–Trinajstić information content (AvgIpc) is 3.03. The maximum absolute atomic E-state index is 5.99. The van der Waals surface area contributed by atoms with E-state index in [2.05, 4.69) is 20.5 Å². The van der Waals surface area contributed by atoms with Crippen LogP contribution in [0.3, 0.4) is 0 Å². The third-order valence-electron chi connectivity index (χ3n) is 2.86. The van der Waals surface area contributed by atoms with Gasteiger partial charge in [-0.05, 0) is 40.6 Å².